The van der Waals surface area contributed by atoms with Crippen LogP contribution in [0.4, 0.5) is 10.1 Å². The zero-order valence-corrected chi connectivity index (χ0v) is 19.1. The maximum absolute atomic E-state index is 13.3. The van der Waals surface area contributed by atoms with Crippen molar-refractivity contribution in [3.8, 4) is 5.75 Å². The maximum Gasteiger partial charge on any atom is 0.225 e. The molecule has 1 unspecified atom stereocenters. The molecule has 1 heterocycles. The molecule has 2 atom stereocenters. The van der Waals surface area contributed by atoms with Crippen molar-refractivity contribution in [2.24, 2.45) is 11.8 Å². The van der Waals surface area contributed by atoms with Gasteiger partial charge in [0, 0.05) is 37.8 Å². The van der Waals surface area contributed by atoms with Gasteiger partial charge in [0.1, 0.15) is 11.6 Å². The summed E-state index contributed by atoms with van der Waals surface area (Å²) in [4.78, 5) is 17.5. The number of aryl methyl sites for hydroxylation is 1. The van der Waals surface area contributed by atoms with Crippen LogP contribution in [-0.2, 0) is 17.6 Å². The molecule has 1 saturated heterocycles. The number of amides is 1. The zero-order chi connectivity index (χ0) is 22.1. The minimum Gasteiger partial charge on any atom is -0.496 e. The van der Waals surface area contributed by atoms with Gasteiger partial charge in [0.05, 0.1) is 7.11 Å². The summed E-state index contributed by atoms with van der Waals surface area (Å²) in [5.41, 5.74) is 6.37. The molecular weight excluding hydrogens is 391 g/mol. The average molecular weight is 425 g/mol. The minimum atomic E-state index is -0.219. The van der Waals surface area contributed by atoms with E-state index >= 15 is 0 Å². The number of carbonyl (C=O) groups is 1. The topological polar surface area (TPSA) is 32.8 Å². The molecule has 2 aromatic carbocycles. The van der Waals surface area contributed by atoms with Crippen molar-refractivity contribution in [1.82, 2.24) is 4.90 Å². The molecule has 0 saturated carbocycles. The van der Waals surface area contributed by atoms with E-state index in [1.54, 1.807) is 7.11 Å². The number of benzene rings is 2. The van der Waals surface area contributed by atoms with Crippen LogP contribution in [0.5, 0.6) is 5.75 Å². The standard InChI is InChI=1S/C26H33FN2O2/c1-17-15-25(31-4)19(3)24-16-20(5-10-23(17)24)18(2)26(30)29-13-11-28(12-14-29)22-8-6-21(27)7-9-22/h6-9,15,18,20H,5,10-14,16H2,1-4H3/t18?,20-/m1/s1. The maximum atomic E-state index is 13.3. The van der Waals surface area contributed by atoms with Crippen molar-refractivity contribution < 1.29 is 13.9 Å². The van der Waals surface area contributed by atoms with E-state index < -0.39 is 0 Å². The SMILES string of the molecule is COc1cc(C)c2c(c1C)C[C@H](C(C)C(=O)N1CCN(c3ccc(F)cc3)CC1)CC2. The van der Waals surface area contributed by atoms with E-state index in [2.05, 4.69) is 31.7 Å². The second-order valence-corrected chi connectivity index (χ2v) is 9.06. The Bertz CT molecular complexity index is 949. The molecule has 1 aliphatic carbocycles. The molecule has 2 aromatic rings. The van der Waals surface area contributed by atoms with E-state index in [0.29, 0.717) is 5.92 Å². The fourth-order valence-electron chi connectivity index (χ4n) is 5.29. The molecule has 4 nitrogen and oxygen atoms in total. The molecule has 31 heavy (non-hydrogen) atoms. The van der Waals surface area contributed by atoms with Crippen LogP contribution in [0.25, 0.3) is 0 Å². The highest BCUT2D eigenvalue weighted by Crippen LogP contribution is 2.38. The van der Waals surface area contributed by atoms with Gasteiger partial charge in [0.25, 0.3) is 0 Å². The molecule has 1 amide bonds. The van der Waals surface area contributed by atoms with Gasteiger partial charge in [-0.05, 0) is 91.6 Å². The van der Waals surface area contributed by atoms with E-state index in [4.69, 9.17) is 4.74 Å². The molecule has 0 radical (unpaired) electrons. The Kier molecular flexibility index (Phi) is 6.22. The molecule has 0 aromatic heterocycles. The molecule has 1 fully saturated rings. The van der Waals surface area contributed by atoms with Crippen LogP contribution in [0.3, 0.4) is 0 Å². The largest absolute Gasteiger partial charge is 0.496 e. The number of hydrogen-bond donors (Lipinski definition) is 0. The monoisotopic (exact) mass is 424 g/mol. The van der Waals surface area contributed by atoms with Crippen molar-refractivity contribution >= 4 is 11.6 Å². The third kappa shape index (κ3) is 4.28. The Morgan fingerprint density at radius 1 is 1.10 bits per heavy atom. The number of ether oxygens (including phenoxy) is 1. The lowest BCUT2D eigenvalue weighted by atomic mass is 9.74. The highest BCUT2D eigenvalue weighted by atomic mass is 19.1. The number of hydrogen-bond acceptors (Lipinski definition) is 3. The Morgan fingerprint density at radius 2 is 1.77 bits per heavy atom. The normalized spacial score (nSPS) is 19.7. The highest BCUT2D eigenvalue weighted by molar-refractivity contribution is 5.79. The lowest BCUT2D eigenvalue weighted by Gasteiger charge is -2.39. The predicted molar refractivity (Wildman–Crippen MR) is 122 cm³/mol. The lowest BCUT2D eigenvalue weighted by molar-refractivity contribution is -0.137. The second-order valence-electron chi connectivity index (χ2n) is 9.06. The third-order valence-corrected chi connectivity index (χ3v) is 7.34. The van der Waals surface area contributed by atoms with Gasteiger partial charge in [0.2, 0.25) is 5.91 Å². The molecular formula is C26H33FN2O2. The number of halogens is 1. The second kappa shape index (κ2) is 8.89. The Morgan fingerprint density at radius 3 is 2.42 bits per heavy atom. The number of methoxy groups -OCH3 is 1. The molecule has 166 valence electrons. The molecule has 0 spiro atoms. The first kappa shape index (κ1) is 21.7. The molecule has 0 N–H and O–H groups in total. The van der Waals surface area contributed by atoms with E-state index in [0.717, 1.165) is 56.9 Å². The summed E-state index contributed by atoms with van der Waals surface area (Å²) in [7, 11) is 1.73. The summed E-state index contributed by atoms with van der Waals surface area (Å²) in [5.74, 6) is 1.37. The number of rotatable bonds is 4. The lowest BCUT2D eigenvalue weighted by Crippen LogP contribution is -2.51. The van der Waals surface area contributed by atoms with Crippen LogP contribution >= 0.6 is 0 Å². The summed E-state index contributed by atoms with van der Waals surface area (Å²) in [6.45, 7) is 9.41. The first-order valence-corrected chi connectivity index (χ1v) is 11.3. The van der Waals surface area contributed by atoms with E-state index in [1.807, 2.05) is 17.0 Å². The van der Waals surface area contributed by atoms with Crippen LogP contribution in [0.15, 0.2) is 30.3 Å². The van der Waals surface area contributed by atoms with Crippen LogP contribution < -0.4 is 9.64 Å². The third-order valence-electron chi connectivity index (χ3n) is 7.34. The van der Waals surface area contributed by atoms with E-state index in [9.17, 15) is 9.18 Å². The predicted octanol–water partition coefficient (Wildman–Crippen LogP) is 4.54. The summed E-state index contributed by atoms with van der Waals surface area (Å²) < 4.78 is 18.8. The van der Waals surface area contributed by atoms with Gasteiger partial charge in [-0.25, -0.2) is 4.39 Å². The van der Waals surface area contributed by atoms with Crippen LogP contribution in [-0.4, -0.2) is 44.1 Å². The number of piperazine rings is 1. The fourth-order valence-corrected chi connectivity index (χ4v) is 5.29. The summed E-state index contributed by atoms with van der Waals surface area (Å²) in [6, 6.07) is 8.76. The number of anilines is 1. The van der Waals surface area contributed by atoms with Crippen molar-refractivity contribution in [3.05, 3.63) is 58.4 Å². The van der Waals surface area contributed by atoms with Gasteiger partial charge in [-0.3, -0.25) is 4.79 Å². The van der Waals surface area contributed by atoms with Crippen LogP contribution in [0.2, 0.25) is 0 Å². The molecule has 1 aliphatic heterocycles. The Balaban J connectivity index is 1.40. The summed E-state index contributed by atoms with van der Waals surface area (Å²) in [5, 5.41) is 0. The summed E-state index contributed by atoms with van der Waals surface area (Å²) in [6.07, 6.45) is 3.04. The fraction of sp³-hybridized carbons (Fsp3) is 0.500. The van der Waals surface area contributed by atoms with Crippen molar-refractivity contribution in [1.29, 1.82) is 0 Å². The van der Waals surface area contributed by atoms with Crippen molar-refractivity contribution in [2.75, 3.05) is 38.2 Å². The van der Waals surface area contributed by atoms with E-state index in [1.165, 1.54) is 34.4 Å². The average Bonchev–Trinajstić information content (AvgIpc) is 2.80. The smallest absolute Gasteiger partial charge is 0.225 e. The Hall–Kier alpha value is -2.56. The first-order chi connectivity index (χ1) is 14.9. The zero-order valence-electron chi connectivity index (χ0n) is 19.1. The molecule has 0 bridgehead atoms. The number of carbonyl (C=O) groups excluding carboxylic acids is 1. The van der Waals surface area contributed by atoms with Crippen LogP contribution in [0, 0.1) is 31.5 Å². The number of fused-ring (bicyclic) bond motifs is 1. The number of nitrogens with zero attached hydrogens (tertiary/aromatic N) is 2. The Labute approximate surface area is 185 Å². The van der Waals surface area contributed by atoms with Gasteiger partial charge in [0.15, 0.2) is 0 Å². The summed E-state index contributed by atoms with van der Waals surface area (Å²) >= 11 is 0. The quantitative estimate of drug-likeness (QED) is 0.722. The molecule has 2 aliphatic rings. The minimum absolute atomic E-state index is 0.0106. The first-order valence-electron chi connectivity index (χ1n) is 11.3. The molecule has 4 rings (SSSR count). The van der Waals surface area contributed by atoms with Gasteiger partial charge < -0.3 is 14.5 Å². The van der Waals surface area contributed by atoms with E-state index in [-0.39, 0.29) is 17.6 Å². The van der Waals surface area contributed by atoms with Gasteiger partial charge in [-0.2, -0.15) is 0 Å². The van der Waals surface area contributed by atoms with Crippen LogP contribution in [0.1, 0.15) is 35.6 Å². The van der Waals surface area contributed by atoms with Crippen molar-refractivity contribution in [2.45, 2.75) is 40.0 Å². The molecule has 5 heteroatoms. The van der Waals surface area contributed by atoms with Gasteiger partial charge in [-0.1, -0.05) is 6.92 Å². The van der Waals surface area contributed by atoms with Gasteiger partial charge >= 0.3 is 0 Å². The van der Waals surface area contributed by atoms with Crippen molar-refractivity contribution in [3.63, 3.8) is 0 Å². The highest BCUT2D eigenvalue weighted by Gasteiger charge is 2.33. The van der Waals surface area contributed by atoms with Gasteiger partial charge in [-0.15, -0.1) is 0 Å².